The van der Waals surface area contributed by atoms with Crippen molar-refractivity contribution in [3.63, 3.8) is 0 Å². The minimum Gasteiger partial charge on any atom is -0.396 e. The highest BCUT2D eigenvalue weighted by Gasteiger charge is 2.41. The third-order valence-electron chi connectivity index (χ3n) is 3.92. The van der Waals surface area contributed by atoms with Crippen molar-refractivity contribution in [3.8, 4) is 5.69 Å². The smallest absolute Gasteiger partial charge is 0.170 e. The molecule has 106 valence electrons. The third kappa shape index (κ3) is 2.86. The number of aromatic nitrogens is 4. The summed E-state index contributed by atoms with van der Waals surface area (Å²) in [5, 5.41) is 24.3. The largest absolute Gasteiger partial charge is 0.396 e. The van der Waals surface area contributed by atoms with Crippen LogP contribution in [0.2, 0.25) is 0 Å². The number of benzene rings is 1. The molecular weight excluding hydrogens is 254 g/mol. The normalized spacial score (nSPS) is 16.2. The molecule has 1 aliphatic rings. The third-order valence-corrected chi connectivity index (χ3v) is 3.92. The highest BCUT2D eigenvalue weighted by Crippen LogP contribution is 2.47. The molecule has 0 aliphatic heterocycles. The van der Waals surface area contributed by atoms with E-state index < -0.39 is 0 Å². The molecule has 2 aromatic rings. The fourth-order valence-corrected chi connectivity index (χ4v) is 2.45. The predicted octanol–water partition coefficient (Wildman–Crippen LogP) is 0.914. The Balaban J connectivity index is 1.60. The maximum absolute atomic E-state index is 9.05. The van der Waals surface area contributed by atoms with Crippen LogP contribution < -0.4 is 5.32 Å². The van der Waals surface area contributed by atoms with Crippen molar-refractivity contribution in [1.82, 2.24) is 25.5 Å². The Morgan fingerprint density at radius 2 is 2.05 bits per heavy atom. The van der Waals surface area contributed by atoms with Gasteiger partial charge < -0.3 is 10.4 Å². The van der Waals surface area contributed by atoms with Gasteiger partial charge in [0, 0.05) is 13.2 Å². The molecule has 0 radical (unpaired) electrons. The van der Waals surface area contributed by atoms with Gasteiger partial charge in [0.05, 0.1) is 12.2 Å². The number of nitrogens with zero attached hydrogens (tertiary/aromatic N) is 4. The molecule has 0 bridgehead atoms. The van der Waals surface area contributed by atoms with Crippen molar-refractivity contribution in [2.75, 3.05) is 13.2 Å². The molecule has 1 saturated carbocycles. The second-order valence-corrected chi connectivity index (χ2v) is 5.42. The number of rotatable bonds is 7. The number of para-hydroxylation sites is 1. The van der Waals surface area contributed by atoms with Crippen LogP contribution in [0.5, 0.6) is 0 Å². The molecule has 6 heteroatoms. The Hall–Kier alpha value is -1.79. The summed E-state index contributed by atoms with van der Waals surface area (Å²) in [6.07, 6.45) is 3.28. The van der Waals surface area contributed by atoms with Crippen LogP contribution in [0, 0.1) is 5.41 Å². The van der Waals surface area contributed by atoms with Gasteiger partial charge in [-0.05, 0) is 47.2 Å². The quantitative estimate of drug-likeness (QED) is 0.784. The minimum atomic E-state index is 0.267. The van der Waals surface area contributed by atoms with Gasteiger partial charge in [0.2, 0.25) is 0 Å². The van der Waals surface area contributed by atoms with E-state index in [1.54, 1.807) is 4.68 Å². The molecule has 20 heavy (non-hydrogen) atoms. The van der Waals surface area contributed by atoms with Gasteiger partial charge in [-0.25, -0.2) is 0 Å². The molecule has 1 aliphatic carbocycles. The summed E-state index contributed by atoms with van der Waals surface area (Å²) >= 11 is 0. The lowest BCUT2D eigenvalue weighted by Crippen LogP contribution is -2.25. The number of hydrogen-bond acceptors (Lipinski definition) is 5. The Morgan fingerprint density at radius 1 is 1.25 bits per heavy atom. The summed E-state index contributed by atoms with van der Waals surface area (Å²) in [6, 6.07) is 9.86. The molecule has 6 nitrogen and oxygen atoms in total. The Morgan fingerprint density at radius 3 is 2.75 bits per heavy atom. The molecule has 1 fully saturated rings. The number of hydrogen-bond donors (Lipinski definition) is 2. The van der Waals surface area contributed by atoms with Gasteiger partial charge in [0.15, 0.2) is 5.82 Å². The summed E-state index contributed by atoms with van der Waals surface area (Å²) in [5.74, 6) is 0.802. The van der Waals surface area contributed by atoms with Crippen LogP contribution in [-0.4, -0.2) is 38.5 Å². The number of nitrogens with one attached hydrogen (secondary N) is 1. The van der Waals surface area contributed by atoms with Crippen molar-refractivity contribution in [1.29, 1.82) is 0 Å². The van der Waals surface area contributed by atoms with E-state index in [9.17, 15) is 0 Å². The average Bonchev–Trinajstić information content (AvgIpc) is 3.08. The molecule has 1 aromatic heterocycles. The summed E-state index contributed by atoms with van der Waals surface area (Å²) < 4.78 is 1.75. The standard InChI is InChI=1S/C14H19N5O/c20-9-8-14(6-7-14)11-15-10-13-16-17-18-19(13)12-4-2-1-3-5-12/h1-5,15,20H,6-11H2. The Bertz CT molecular complexity index is 550. The second kappa shape index (κ2) is 5.68. The van der Waals surface area contributed by atoms with Gasteiger partial charge in [0.25, 0.3) is 0 Å². The van der Waals surface area contributed by atoms with Crippen LogP contribution in [-0.2, 0) is 6.54 Å². The van der Waals surface area contributed by atoms with E-state index in [1.807, 2.05) is 30.3 Å². The van der Waals surface area contributed by atoms with E-state index >= 15 is 0 Å². The molecule has 0 unspecified atom stereocenters. The van der Waals surface area contributed by atoms with Gasteiger partial charge in [-0.15, -0.1) is 5.10 Å². The molecule has 0 amide bonds. The first-order valence-electron chi connectivity index (χ1n) is 6.97. The molecular formula is C14H19N5O. The SMILES string of the molecule is OCCC1(CNCc2nnnn2-c2ccccc2)CC1. The first kappa shape index (κ1) is 13.2. The van der Waals surface area contributed by atoms with E-state index in [2.05, 4.69) is 20.8 Å². The summed E-state index contributed by atoms with van der Waals surface area (Å²) in [7, 11) is 0. The van der Waals surface area contributed by atoms with Crippen LogP contribution in [0.1, 0.15) is 25.1 Å². The molecule has 3 rings (SSSR count). The highest BCUT2D eigenvalue weighted by atomic mass is 16.3. The highest BCUT2D eigenvalue weighted by molar-refractivity contribution is 5.30. The maximum Gasteiger partial charge on any atom is 0.170 e. The van der Waals surface area contributed by atoms with Crippen LogP contribution >= 0.6 is 0 Å². The molecule has 1 aromatic carbocycles. The van der Waals surface area contributed by atoms with Crippen LogP contribution in [0.4, 0.5) is 0 Å². The number of aliphatic hydroxyl groups excluding tert-OH is 1. The molecule has 0 spiro atoms. The lowest BCUT2D eigenvalue weighted by atomic mass is 10.0. The first-order valence-corrected chi connectivity index (χ1v) is 6.97. The molecule has 0 atom stereocenters. The number of tetrazole rings is 1. The van der Waals surface area contributed by atoms with Gasteiger partial charge in [-0.3, -0.25) is 0 Å². The molecule has 1 heterocycles. The summed E-state index contributed by atoms with van der Waals surface area (Å²) in [5.41, 5.74) is 1.27. The van der Waals surface area contributed by atoms with E-state index in [0.717, 1.165) is 24.5 Å². The van der Waals surface area contributed by atoms with E-state index in [-0.39, 0.29) is 6.61 Å². The van der Waals surface area contributed by atoms with Crippen LogP contribution in [0.25, 0.3) is 5.69 Å². The van der Waals surface area contributed by atoms with Crippen molar-refractivity contribution in [2.45, 2.75) is 25.8 Å². The average molecular weight is 273 g/mol. The van der Waals surface area contributed by atoms with Crippen molar-refractivity contribution in [2.24, 2.45) is 5.41 Å². The molecule has 0 saturated heterocycles. The zero-order chi connectivity index (χ0) is 13.8. The monoisotopic (exact) mass is 273 g/mol. The Kier molecular flexibility index (Phi) is 3.75. The summed E-state index contributed by atoms with van der Waals surface area (Å²) in [4.78, 5) is 0. The minimum absolute atomic E-state index is 0.267. The van der Waals surface area contributed by atoms with Gasteiger partial charge >= 0.3 is 0 Å². The van der Waals surface area contributed by atoms with Crippen molar-refractivity contribution in [3.05, 3.63) is 36.2 Å². The predicted molar refractivity (Wildman–Crippen MR) is 74.2 cm³/mol. The van der Waals surface area contributed by atoms with Crippen LogP contribution in [0.15, 0.2) is 30.3 Å². The zero-order valence-corrected chi connectivity index (χ0v) is 11.4. The van der Waals surface area contributed by atoms with E-state index in [0.29, 0.717) is 12.0 Å². The van der Waals surface area contributed by atoms with Gasteiger partial charge in [-0.2, -0.15) is 4.68 Å². The fraction of sp³-hybridized carbons (Fsp3) is 0.500. The van der Waals surface area contributed by atoms with Crippen molar-refractivity contribution < 1.29 is 5.11 Å². The van der Waals surface area contributed by atoms with Crippen molar-refractivity contribution >= 4 is 0 Å². The summed E-state index contributed by atoms with van der Waals surface area (Å²) in [6.45, 7) is 1.81. The van der Waals surface area contributed by atoms with E-state index in [4.69, 9.17) is 5.11 Å². The zero-order valence-electron chi connectivity index (χ0n) is 11.4. The lowest BCUT2D eigenvalue weighted by molar-refractivity contribution is 0.245. The van der Waals surface area contributed by atoms with E-state index in [1.165, 1.54) is 12.8 Å². The second-order valence-electron chi connectivity index (χ2n) is 5.42. The van der Waals surface area contributed by atoms with Gasteiger partial charge in [0.1, 0.15) is 0 Å². The lowest BCUT2D eigenvalue weighted by Gasteiger charge is -2.14. The van der Waals surface area contributed by atoms with Crippen LogP contribution in [0.3, 0.4) is 0 Å². The van der Waals surface area contributed by atoms with Gasteiger partial charge in [-0.1, -0.05) is 18.2 Å². The number of aliphatic hydroxyl groups is 1. The molecule has 2 N–H and O–H groups in total. The Labute approximate surface area is 117 Å². The first-order chi connectivity index (χ1) is 9.83. The fourth-order valence-electron chi connectivity index (χ4n) is 2.45. The maximum atomic E-state index is 9.05. The topological polar surface area (TPSA) is 75.9 Å².